The monoisotopic (exact) mass is 442 g/mol. The van der Waals surface area contributed by atoms with Gasteiger partial charge in [0.15, 0.2) is 11.5 Å². The number of rotatable bonds is 8. The van der Waals surface area contributed by atoms with Crippen LogP contribution in [0, 0.1) is 0 Å². The van der Waals surface area contributed by atoms with Crippen molar-refractivity contribution in [3.63, 3.8) is 0 Å². The number of ether oxygens (including phenoxy) is 4. The maximum absolute atomic E-state index is 13.2. The molecule has 3 rings (SSSR count). The summed E-state index contributed by atoms with van der Waals surface area (Å²) in [6.45, 7) is 5.26. The van der Waals surface area contributed by atoms with Crippen LogP contribution < -0.4 is 19.5 Å². The maximum atomic E-state index is 13.2. The van der Waals surface area contributed by atoms with E-state index < -0.39 is 12.0 Å². The Balaban J connectivity index is 1.92. The highest BCUT2D eigenvalue weighted by atomic mass is 16.5. The molecule has 0 aromatic heterocycles. The molecule has 8 heteroatoms. The lowest BCUT2D eigenvalue weighted by molar-refractivity contribution is -0.141. The summed E-state index contributed by atoms with van der Waals surface area (Å²) >= 11 is 0. The second-order valence-corrected chi connectivity index (χ2v) is 7.26. The maximum Gasteiger partial charge on any atom is 0.322 e. The van der Waals surface area contributed by atoms with Gasteiger partial charge in [0, 0.05) is 12.2 Å². The van der Waals surface area contributed by atoms with Gasteiger partial charge in [-0.3, -0.25) is 4.79 Å². The molecule has 1 aliphatic heterocycles. The second kappa shape index (κ2) is 10.7. The lowest BCUT2D eigenvalue weighted by Gasteiger charge is -2.37. The third kappa shape index (κ3) is 5.25. The van der Waals surface area contributed by atoms with Gasteiger partial charge in [0.2, 0.25) is 0 Å². The molecule has 0 fully saturated rings. The second-order valence-electron chi connectivity index (χ2n) is 7.26. The lowest BCUT2D eigenvalue weighted by atomic mass is 9.90. The minimum absolute atomic E-state index is 0.0408. The molecule has 172 valence electrons. The van der Waals surface area contributed by atoms with Gasteiger partial charge in [-0.1, -0.05) is 0 Å². The first-order valence-corrected chi connectivity index (χ1v) is 10.7. The van der Waals surface area contributed by atoms with Crippen molar-refractivity contribution in [3.05, 3.63) is 47.5 Å². The third-order valence-electron chi connectivity index (χ3n) is 5.35. The van der Waals surface area contributed by atoms with Crippen molar-refractivity contribution < 1.29 is 28.5 Å². The zero-order valence-corrected chi connectivity index (χ0v) is 19.0. The predicted molar refractivity (Wildman–Crippen MR) is 121 cm³/mol. The van der Waals surface area contributed by atoms with Gasteiger partial charge in [-0.25, -0.2) is 4.79 Å². The molecule has 2 amide bonds. The summed E-state index contributed by atoms with van der Waals surface area (Å²) in [6, 6.07) is 10.1. The fourth-order valence-electron chi connectivity index (χ4n) is 3.82. The number of esters is 1. The number of carbonyl (C=O) groups is 2. The van der Waals surface area contributed by atoms with E-state index in [1.165, 1.54) is 7.11 Å². The lowest BCUT2D eigenvalue weighted by Crippen LogP contribution is -2.43. The van der Waals surface area contributed by atoms with Gasteiger partial charge in [0.05, 0.1) is 39.9 Å². The Morgan fingerprint density at radius 3 is 2.28 bits per heavy atom. The van der Waals surface area contributed by atoms with E-state index in [2.05, 4.69) is 5.32 Å². The largest absolute Gasteiger partial charge is 0.497 e. The van der Waals surface area contributed by atoms with E-state index in [1.807, 2.05) is 26.0 Å². The molecule has 0 saturated heterocycles. The van der Waals surface area contributed by atoms with E-state index in [-0.39, 0.29) is 12.5 Å². The summed E-state index contributed by atoms with van der Waals surface area (Å²) in [6.07, 6.45) is 0.675. The van der Waals surface area contributed by atoms with Crippen molar-refractivity contribution in [1.29, 1.82) is 0 Å². The van der Waals surface area contributed by atoms with Crippen LogP contribution in [0.1, 0.15) is 37.4 Å². The summed E-state index contributed by atoms with van der Waals surface area (Å²) in [4.78, 5) is 27.1. The first-order valence-electron chi connectivity index (χ1n) is 10.7. The molecule has 0 bridgehead atoms. The molecule has 0 spiro atoms. The zero-order chi connectivity index (χ0) is 23.1. The van der Waals surface area contributed by atoms with E-state index in [0.29, 0.717) is 49.1 Å². The van der Waals surface area contributed by atoms with Crippen LogP contribution in [0.4, 0.5) is 10.5 Å². The Hall–Kier alpha value is -3.42. The standard InChI is InChI=1S/C24H30N2O6/c1-5-31-21-13-16-11-12-26(24(28)25-17-7-9-18(29-3)10-8-17)20(15-23(27)30-4)19(16)14-22(21)32-6-2/h7-10,13-14,20H,5-6,11-12,15H2,1-4H3,(H,25,28). The highest BCUT2D eigenvalue weighted by Crippen LogP contribution is 2.40. The van der Waals surface area contributed by atoms with Crippen LogP contribution in [0.25, 0.3) is 0 Å². The number of carbonyl (C=O) groups excluding carboxylic acids is 2. The summed E-state index contributed by atoms with van der Waals surface area (Å²) < 4.78 is 21.6. The fraction of sp³-hybridized carbons (Fsp3) is 0.417. The van der Waals surface area contributed by atoms with Gasteiger partial charge < -0.3 is 29.2 Å². The van der Waals surface area contributed by atoms with Gasteiger partial charge >= 0.3 is 12.0 Å². The third-order valence-corrected chi connectivity index (χ3v) is 5.35. The summed E-state index contributed by atoms with van der Waals surface area (Å²) in [5.74, 6) is 1.57. The number of hydrogen-bond donors (Lipinski definition) is 1. The van der Waals surface area contributed by atoms with Gasteiger partial charge in [0.1, 0.15) is 5.75 Å². The zero-order valence-electron chi connectivity index (χ0n) is 19.0. The number of nitrogens with one attached hydrogen (secondary N) is 1. The smallest absolute Gasteiger partial charge is 0.322 e. The number of hydrogen-bond acceptors (Lipinski definition) is 6. The molecule has 1 aliphatic rings. The molecule has 1 unspecified atom stereocenters. The van der Waals surface area contributed by atoms with Crippen LogP contribution in [0.3, 0.4) is 0 Å². The fourth-order valence-corrected chi connectivity index (χ4v) is 3.82. The van der Waals surface area contributed by atoms with Gasteiger partial charge in [-0.15, -0.1) is 0 Å². The van der Waals surface area contributed by atoms with Gasteiger partial charge in [0.25, 0.3) is 0 Å². The topological polar surface area (TPSA) is 86.3 Å². The quantitative estimate of drug-likeness (QED) is 0.617. The molecule has 0 radical (unpaired) electrons. The Morgan fingerprint density at radius 2 is 1.69 bits per heavy atom. The molecular formula is C24H30N2O6. The number of benzene rings is 2. The van der Waals surface area contributed by atoms with Crippen molar-refractivity contribution in [2.24, 2.45) is 0 Å². The Morgan fingerprint density at radius 1 is 1.03 bits per heavy atom. The van der Waals surface area contributed by atoms with Crippen molar-refractivity contribution in [2.75, 3.05) is 39.3 Å². The molecule has 1 heterocycles. The van der Waals surface area contributed by atoms with Crippen LogP contribution in [0.15, 0.2) is 36.4 Å². The summed E-state index contributed by atoms with van der Waals surface area (Å²) in [5.41, 5.74) is 2.53. The van der Waals surface area contributed by atoms with Crippen molar-refractivity contribution >= 4 is 17.7 Å². The summed E-state index contributed by atoms with van der Waals surface area (Å²) in [5, 5.41) is 2.91. The normalized spacial score (nSPS) is 14.9. The number of methoxy groups -OCH3 is 2. The average Bonchev–Trinajstić information content (AvgIpc) is 2.80. The molecular weight excluding hydrogens is 412 g/mol. The van der Waals surface area contributed by atoms with Crippen LogP contribution in [-0.4, -0.2) is 50.9 Å². The molecule has 1 atom stereocenters. The van der Waals surface area contributed by atoms with E-state index in [9.17, 15) is 9.59 Å². The van der Waals surface area contributed by atoms with Crippen molar-refractivity contribution in [3.8, 4) is 17.2 Å². The predicted octanol–water partition coefficient (Wildman–Crippen LogP) is 4.19. The minimum atomic E-state index is -0.487. The molecule has 0 aliphatic carbocycles. The number of nitrogens with zero attached hydrogens (tertiary/aromatic N) is 1. The average molecular weight is 443 g/mol. The van der Waals surface area contributed by atoms with Gasteiger partial charge in [-0.2, -0.15) is 0 Å². The van der Waals surface area contributed by atoms with Gasteiger partial charge in [-0.05, 0) is 67.8 Å². The number of anilines is 1. The first kappa shape index (κ1) is 23.2. The van der Waals surface area contributed by atoms with Crippen molar-refractivity contribution in [1.82, 2.24) is 4.90 Å². The van der Waals surface area contributed by atoms with Crippen LogP contribution in [0.5, 0.6) is 17.2 Å². The highest BCUT2D eigenvalue weighted by molar-refractivity contribution is 5.90. The van der Waals surface area contributed by atoms with E-state index in [0.717, 1.165) is 11.1 Å². The van der Waals surface area contributed by atoms with Crippen molar-refractivity contribution in [2.45, 2.75) is 32.7 Å². The molecule has 32 heavy (non-hydrogen) atoms. The molecule has 0 saturated carbocycles. The van der Waals surface area contributed by atoms with E-state index in [1.54, 1.807) is 36.3 Å². The Kier molecular flexibility index (Phi) is 7.81. The van der Waals surface area contributed by atoms with E-state index in [4.69, 9.17) is 18.9 Å². The van der Waals surface area contributed by atoms with Crippen LogP contribution in [-0.2, 0) is 16.0 Å². The molecule has 1 N–H and O–H groups in total. The molecule has 8 nitrogen and oxygen atoms in total. The Labute approximate surface area is 188 Å². The first-order chi connectivity index (χ1) is 15.5. The molecule has 2 aromatic rings. The number of fused-ring (bicyclic) bond motifs is 1. The minimum Gasteiger partial charge on any atom is -0.497 e. The summed E-state index contributed by atoms with van der Waals surface area (Å²) in [7, 11) is 2.93. The SMILES string of the molecule is CCOc1cc2c(cc1OCC)C(CC(=O)OC)N(C(=O)Nc1ccc(OC)cc1)CC2. The van der Waals surface area contributed by atoms with Crippen LogP contribution >= 0.6 is 0 Å². The number of urea groups is 1. The van der Waals surface area contributed by atoms with E-state index >= 15 is 0 Å². The molecule has 2 aromatic carbocycles. The highest BCUT2D eigenvalue weighted by Gasteiger charge is 2.34. The van der Waals surface area contributed by atoms with Crippen LogP contribution in [0.2, 0.25) is 0 Å². The number of amides is 2. The Bertz CT molecular complexity index is 944.